The van der Waals surface area contributed by atoms with Gasteiger partial charge in [-0.25, -0.2) is 4.99 Å². The number of pyridine rings is 1. The molecule has 0 bridgehead atoms. The summed E-state index contributed by atoms with van der Waals surface area (Å²) in [5, 5.41) is 3.15. The molecule has 5 heteroatoms. The molecule has 0 saturated heterocycles. The molecule has 0 amide bonds. The molecule has 0 aliphatic carbocycles. The molecule has 1 aromatic heterocycles. The zero-order chi connectivity index (χ0) is 15.3. The minimum Gasteiger partial charge on any atom is -0.370 e. The van der Waals surface area contributed by atoms with Crippen LogP contribution in [0.2, 0.25) is 0 Å². The Balaban J connectivity index is 0.00000242. The highest BCUT2D eigenvalue weighted by molar-refractivity contribution is 14.0. The van der Waals surface area contributed by atoms with Gasteiger partial charge in [-0.05, 0) is 44.5 Å². The second-order valence-electron chi connectivity index (χ2n) is 5.99. The monoisotopic (exact) mass is 410 g/mol. The van der Waals surface area contributed by atoms with Crippen molar-refractivity contribution in [2.75, 3.05) is 0 Å². The first-order chi connectivity index (χ1) is 9.94. The number of hydrogen-bond donors (Lipinski definition) is 2. The third-order valence-electron chi connectivity index (χ3n) is 2.82. The summed E-state index contributed by atoms with van der Waals surface area (Å²) in [5.74, 6) is 0.464. The summed E-state index contributed by atoms with van der Waals surface area (Å²) in [7, 11) is 0. The van der Waals surface area contributed by atoms with Gasteiger partial charge in [-0.2, -0.15) is 0 Å². The normalized spacial score (nSPS) is 11.7. The van der Waals surface area contributed by atoms with Crippen molar-refractivity contribution in [3.63, 3.8) is 0 Å². The van der Waals surface area contributed by atoms with Crippen LogP contribution in [-0.4, -0.2) is 16.5 Å². The fourth-order valence-corrected chi connectivity index (χ4v) is 1.96. The Morgan fingerprint density at radius 3 is 2.59 bits per heavy atom. The van der Waals surface area contributed by atoms with E-state index in [1.165, 1.54) is 0 Å². The van der Waals surface area contributed by atoms with Crippen molar-refractivity contribution in [2.24, 2.45) is 10.7 Å². The van der Waals surface area contributed by atoms with E-state index < -0.39 is 0 Å². The highest BCUT2D eigenvalue weighted by atomic mass is 127. The Hall–Kier alpha value is -1.63. The van der Waals surface area contributed by atoms with Gasteiger partial charge in [0.05, 0.1) is 12.2 Å². The van der Waals surface area contributed by atoms with Gasteiger partial charge in [0.15, 0.2) is 5.96 Å². The number of rotatable bonds is 3. The summed E-state index contributed by atoms with van der Waals surface area (Å²) in [6, 6.07) is 14.1. The highest BCUT2D eigenvalue weighted by Gasteiger charge is 2.09. The van der Waals surface area contributed by atoms with Crippen LogP contribution in [0.15, 0.2) is 53.7 Å². The SMILES string of the molecule is CC(C)(C)NC(N)=NCc1cccc(-c2ccccn2)c1.I. The molecule has 0 spiro atoms. The van der Waals surface area contributed by atoms with E-state index in [0.29, 0.717) is 12.5 Å². The summed E-state index contributed by atoms with van der Waals surface area (Å²) in [6.07, 6.45) is 1.80. The lowest BCUT2D eigenvalue weighted by molar-refractivity contribution is 0.508. The number of halogens is 1. The fourth-order valence-electron chi connectivity index (χ4n) is 1.96. The number of aliphatic imine (C=N–C) groups is 1. The predicted octanol–water partition coefficient (Wildman–Crippen LogP) is 3.57. The molecular formula is C17H23IN4. The number of aromatic nitrogens is 1. The second kappa shape index (κ2) is 8.12. The van der Waals surface area contributed by atoms with Crippen molar-refractivity contribution < 1.29 is 0 Å². The molecule has 4 nitrogen and oxygen atoms in total. The van der Waals surface area contributed by atoms with Crippen molar-refractivity contribution in [3.8, 4) is 11.3 Å². The van der Waals surface area contributed by atoms with E-state index >= 15 is 0 Å². The summed E-state index contributed by atoms with van der Waals surface area (Å²) < 4.78 is 0. The molecule has 0 saturated carbocycles. The Kier molecular flexibility index (Phi) is 6.80. The van der Waals surface area contributed by atoms with E-state index in [2.05, 4.69) is 42.1 Å². The molecule has 0 radical (unpaired) electrons. The van der Waals surface area contributed by atoms with Gasteiger partial charge in [0, 0.05) is 17.3 Å². The minimum absolute atomic E-state index is 0. The zero-order valence-corrected chi connectivity index (χ0v) is 15.5. The molecule has 1 heterocycles. The maximum atomic E-state index is 5.88. The lowest BCUT2D eigenvalue weighted by atomic mass is 10.1. The number of guanidine groups is 1. The van der Waals surface area contributed by atoms with Crippen LogP contribution in [0.25, 0.3) is 11.3 Å². The van der Waals surface area contributed by atoms with Gasteiger partial charge in [0.1, 0.15) is 0 Å². The van der Waals surface area contributed by atoms with Crippen molar-refractivity contribution >= 4 is 29.9 Å². The topological polar surface area (TPSA) is 63.3 Å². The molecule has 2 rings (SSSR count). The van der Waals surface area contributed by atoms with E-state index in [1.807, 2.05) is 36.4 Å². The van der Waals surface area contributed by atoms with Crippen molar-refractivity contribution in [2.45, 2.75) is 32.9 Å². The molecule has 3 N–H and O–H groups in total. The number of nitrogens with two attached hydrogens (primary N) is 1. The lowest BCUT2D eigenvalue weighted by Crippen LogP contribution is -2.44. The van der Waals surface area contributed by atoms with Gasteiger partial charge >= 0.3 is 0 Å². The Labute approximate surface area is 149 Å². The first-order valence-corrected chi connectivity index (χ1v) is 7.02. The summed E-state index contributed by atoms with van der Waals surface area (Å²) in [5.41, 5.74) is 8.96. The van der Waals surface area contributed by atoms with Crippen LogP contribution in [-0.2, 0) is 6.54 Å². The van der Waals surface area contributed by atoms with E-state index in [0.717, 1.165) is 16.8 Å². The quantitative estimate of drug-likeness (QED) is 0.462. The van der Waals surface area contributed by atoms with Crippen molar-refractivity contribution in [1.29, 1.82) is 0 Å². The Bertz CT molecular complexity index is 618. The smallest absolute Gasteiger partial charge is 0.189 e. The average molecular weight is 410 g/mol. The number of benzene rings is 1. The largest absolute Gasteiger partial charge is 0.370 e. The van der Waals surface area contributed by atoms with Crippen LogP contribution >= 0.6 is 24.0 Å². The van der Waals surface area contributed by atoms with Crippen molar-refractivity contribution in [3.05, 3.63) is 54.2 Å². The Morgan fingerprint density at radius 1 is 1.18 bits per heavy atom. The molecule has 2 aromatic rings. The van der Waals surface area contributed by atoms with Gasteiger partial charge in [0.2, 0.25) is 0 Å². The first-order valence-electron chi connectivity index (χ1n) is 7.02. The van der Waals surface area contributed by atoms with Crippen LogP contribution in [0.3, 0.4) is 0 Å². The van der Waals surface area contributed by atoms with Gasteiger partial charge in [-0.1, -0.05) is 24.3 Å². The van der Waals surface area contributed by atoms with Crippen LogP contribution in [0.4, 0.5) is 0 Å². The third-order valence-corrected chi connectivity index (χ3v) is 2.82. The lowest BCUT2D eigenvalue weighted by Gasteiger charge is -2.21. The molecule has 0 unspecified atom stereocenters. The van der Waals surface area contributed by atoms with Gasteiger partial charge in [-0.15, -0.1) is 24.0 Å². The van der Waals surface area contributed by atoms with Crippen LogP contribution in [0.1, 0.15) is 26.3 Å². The fraction of sp³-hybridized carbons (Fsp3) is 0.294. The third kappa shape index (κ3) is 6.01. The van der Waals surface area contributed by atoms with E-state index in [-0.39, 0.29) is 29.5 Å². The zero-order valence-electron chi connectivity index (χ0n) is 13.2. The molecule has 0 aliphatic heterocycles. The molecule has 118 valence electrons. The second-order valence-corrected chi connectivity index (χ2v) is 5.99. The molecular weight excluding hydrogens is 387 g/mol. The number of nitrogens with one attached hydrogen (secondary N) is 1. The molecule has 0 aliphatic rings. The van der Waals surface area contributed by atoms with E-state index in [9.17, 15) is 0 Å². The van der Waals surface area contributed by atoms with E-state index in [1.54, 1.807) is 6.20 Å². The highest BCUT2D eigenvalue weighted by Crippen LogP contribution is 2.18. The maximum absolute atomic E-state index is 5.88. The molecule has 0 atom stereocenters. The maximum Gasteiger partial charge on any atom is 0.189 e. The summed E-state index contributed by atoms with van der Waals surface area (Å²) in [6.45, 7) is 6.71. The van der Waals surface area contributed by atoms with E-state index in [4.69, 9.17) is 5.73 Å². The molecule has 22 heavy (non-hydrogen) atoms. The Morgan fingerprint density at radius 2 is 1.95 bits per heavy atom. The summed E-state index contributed by atoms with van der Waals surface area (Å²) >= 11 is 0. The number of hydrogen-bond acceptors (Lipinski definition) is 2. The van der Waals surface area contributed by atoms with Crippen LogP contribution < -0.4 is 11.1 Å². The van der Waals surface area contributed by atoms with Crippen LogP contribution in [0.5, 0.6) is 0 Å². The summed E-state index contributed by atoms with van der Waals surface area (Å²) in [4.78, 5) is 8.74. The molecule has 0 fully saturated rings. The average Bonchev–Trinajstić information content (AvgIpc) is 2.45. The predicted molar refractivity (Wildman–Crippen MR) is 103 cm³/mol. The minimum atomic E-state index is -0.0800. The van der Waals surface area contributed by atoms with Gasteiger partial charge < -0.3 is 11.1 Å². The van der Waals surface area contributed by atoms with Gasteiger partial charge in [-0.3, -0.25) is 4.98 Å². The number of nitrogens with zero attached hydrogens (tertiary/aromatic N) is 2. The first kappa shape index (κ1) is 18.4. The van der Waals surface area contributed by atoms with Crippen LogP contribution in [0, 0.1) is 0 Å². The molecule has 1 aromatic carbocycles. The van der Waals surface area contributed by atoms with Gasteiger partial charge in [0.25, 0.3) is 0 Å². The van der Waals surface area contributed by atoms with Crippen molar-refractivity contribution in [1.82, 2.24) is 10.3 Å². The standard InChI is InChI=1S/C17H22N4.HI/c1-17(2,3)21-16(18)20-12-13-7-6-8-14(11-13)15-9-4-5-10-19-15;/h4-11H,12H2,1-3H3,(H3,18,20,21);1H.